The largest absolute Gasteiger partial charge is 0.497 e. The van der Waals surface area contributed by atoms with Crippen LogP contribution in [0.4, 0.5) is 0 Å². The highest BCUT2D eigenvalue weighted by molar-refractivity contribution is 6.13. The molecule has 0 bridgehead atoms. The van der Waals surface area contributed by atoms with E-state index in [2.05, 4.69) is 17.1 Å². The van der Waals surface area contributed by atoms with Gasteiger partial charge in [0.2, 0.25) is 5.90 Å². The molecule has 0 aliphatic carbocycles. The van der Waals surface area contributed by atoms with Gasteiger partial charge in [-0.2, -0.15) is 0 Å². The summed E-state index contributed by atoms with van der Waals surface area (Å²) in [6.45, 7) is 2.48. The SMILES string of the molecule is COc1cccc(C2=N/C(=C/c3ccccc3OCc3ccc(C)cc3)C(=O)O2)c1. The van der Waals surface area contributed by atoms with Crippen molar-refractivity contribution < 1.29 is 19.0 Å². The van der Waals surface area contributed by atoms with Crippen molar-refractivity contribution in [2.45, 2.75) is 13.5 Å². The first-order chi connectivity index (χ1) is 14.6. The molecule has 1 heterocycles. The standard InChI is InChI=1S/C25H21NO4/c1-17-10-12-18(13-11-17)16-29-23-9-4-3-6-19(23)15-22-25(27)30-24(26-22)20-7-5-8-21(14-20)28-2/h3-15H,16H2,1-2H3/b22-15+. The summed E-state index contributed by atoms with van der Waals surface area (Å²) >= 11 is 0. The molecule has 3 aromatic rings. The van der Waals surface area contributed by atoms with Crippen LogP contribution in [0.5, 0.6) is 11.5 Å². The Morgan fingerprint density at radius 3 is 2.60 bits per heavy atom. The van der Waals surface area contributed by atoms with Gasteiger partial charge in [-0.05, 0) is 42.8 Å². The number of benzene rings is 3. The fourth-order valence-corrected chi connectivity index (χ4v) is 3.01. The minimum absolute atomic E-state index is 0.221. The lowest BCUT2D eigenvalue weighted by molar-refractivity contribution is -0.129. The topological polar surface area (TPSA) is 57.1 Å². The minimum Gasteiger partial charge on any atom is -0.497 e. The molecule has 0 N–H and O–H groups in total. The molecule has 3 aromatic carbocycles. The molecule has 5 heteroatoms. The van der Waals surface area contributed by atoms with E-state index in [1.165, 1.54) is 5.56 Å². The van der Waals surface area contributed by atoms with Crippen molar-refractivity contribution in [3.8, 4) is 11.5 Å². The predicted molar refractivity (Wildman–Crippen MR) is 116 cm³/mol. The van der Waals surface area contributed by atoms with Crippen LogP contribution in [0.2, 0.25) is 0 Å². The second kappa shape index (κ2) is 8.66. The minimum atomic E-state index is -0.499. The summed E-state index contributed by atoms with van der Waals surface area (Å²) in [5.41, 5.74) is 3.93. The number of methoxy groups -OCH3 is 1. The molecule has 1 aliphatic heterocycles. The maximum absolute atomic E-state index is 12.4. The van der Waals surface area contributed by atoms with Gasteiger partial charge in [-0.25, -0.2) is 9.79 Å². The van der Waals surface area contributed by atoms with Crippen LogP contribution in [-0.4, -0.2) is 19.0 Å². The Labute approximate surface area is 175 Å². The van der Waals surface area contributed by atoms with Crippen molar-refractivity contribution in [2.75, 3.05) is 7.11 Å². The van der Waals surface area contributed by atoms with E-state index < -0.39 is 5.97 Å². The molecule has 0 spiro atoms. The lowest BCUT2D eigenvalue weighted by Gasteiger charge is -2.09. The van der Waals surface area contributed by atoms with Gasteiger partial charge in [-0.1, -0.05) is 54.1 Å². The van der Waals surface area contributed by atoms with Crippen LogP contribution < -0.4 is 9.47 Å². The first kappa shape index (κ1) is 19.5. The number of aliphatic imine (C=N–C) groups is 1. The quantitative estimate of drug-likeness (QED) is 0.436. The second-order valence-electron chi connectivity index (χ2n) is 6.88. The molecule has 0 saturated carbocycles. The van der Waals surface area contributed by atoms with Crippen LogP contribution in [-0.2, 0) is 16.1 Å². The van der Waals surface area contributed by atoms with E-state index in [1.54, 1.807) is 19.3 Å². The van der Waals surface area contributed by atoms with Gasteiger partial charge in [-0.15, -0.1) is 0 Å². The van der Waals surface area contributed by atoms with Gasteiger partial charge in [0.05, 0.1) is 7.11 Å². The van der Waals surface area contributed by atoms with Gasteiger partial charge in [0.25, 0.3) is 0 Å². The summed E-state index contributed by atoms with van der Waals surface area (Å²) in [5.74, 6) is 1.09. The fourth-order valence-electron chi connectivity index (χ4n) is 3.01. The molecule has 0 unspecified atom stereocenters. The van der Waals surface area contributed by atoms with Crippen LogP contribution in [0.15, 0.2) is 83.5 Å². The smallest absolute Gasteiger partial charge is 0.363 e. The van der Waals surface area contributed by atoms with Gasteiger partial charge in [0.15, 0.2) is 5.70 Å². The maximum atomic E-state index is 12.4. The second-order valence-corrected chi connectivity index (χ2v) is 6.88. The zero-order valence-corrected chi connectivity index (χ0v) is 16.8. The van der Waals surface area contributed by atoms with E-state index in [4.69, 9.17) is 14.2 Å². The van der Waals surface area contributed by atoms with Gasteiger partial charge >= 0.3 is 5.97 Å². The first-order valence-corrected chi connectivity index (χ1v) is 9.57. The number of hydrogen-bond donors (Lipinski definition) is 0. The van der Waals surface area contributed by atoms with E-state index in [0.29, 0.717) is 23.7 Å². The van der Waals surface area contributed by atoms with Crippen LogP contribution >= 0.6 is 0 Å². The highest BCUT2D eigenvalue weighted by Gasteiger charge is 2.24. The number of carbonyl (C=O) groups is 1. The lowest BCUT2D eigenvalue weighted by atomic mass is 10.1. The lowest BCUT2D eigenvalue weighted by Crippen LogP contribution is -2.05. The van der Waals surface area contributed by atoms with Gasteiger partial charge in [-0.3, -0.25) is 0 Å². The number of hydrogen-bond acceptors (Lipinski definition) is 5. The molecule has 0 radical (unpaired) electrons. The Morgan fingerprint density at radius 1 is 1.00 bits per heavy atom. The number of para-hydroxylation sites is 1. The molecule has 30 heavy (non-hydrogen) atoms. The van der Waals surface area contributed by atoms with E-state index in [-0.39, 0.29) is 11.6 Å². The van der Waals surface area contributed by atoms with Crippen LogP contribution in [0.3, 0.4) is 0 Å². The molecule has 5 nitrogen and oxygen atoms in total. The average molecular weight is 399 g/mol. The van der Waals surface area contributed by atoms with E-state index in [9.17, 15) is 4.79 Å². The Balaban J connectivity index is 1.57. The normalized spacial score (nSPS) is 14.4. The number of rotatable bonds is 6. The summed E-state index contributed by atoms with van der Waals surface area (Å²) in [6.07, 6.45) is 1.68. The van der Waals surface area contributed by atoms with Crippen molar-refractivity contribution in [3.63, 3.8) is 0 Å². The van der Waals surface area contributed by atoms with Crippen LogP contribution in [0, 0.1) is 6.92 Å². The molecule has 0 atom stereocenters. The molecular formula is C25H21NO4. The van der Waals surface area contributed by atoms with Gasteiger partial charge in [0.1, 0.15) is 18.1 Å². The third kappa shape index (κ3) is 4.41. The van der Waals surface area contributed by atoms with Crippen molar-refractivity contribution in [1.82, 2.24) is 0 Å². The van der Waals surface area contributed by atoms with E-state index in [1.807, 2.05) is 61.5 Å². The Morgan fingerprint density at radius 2 is 1.80 bits per heavy atom. The Kier molecular flexibility index (Phi) is 5.61. The van der Waals surface area contributed by atoms with E-state index in [0.717, 1.165) is 11.1 Å². The van der Waals surface area contributed by atoms with Crippen molar-refractivity contribution in [3.05, 3.63) is 101 Å². The number of cyclic esters (lactones) is 1. The molecule has 0 amide bonds. The van der Waals surface area contributed by atoms with Crippen molar-refractivity contribution >= 4 is 17.9 Å². The van der Waals surface area contributed by atoms with Gasteiger partial charge < -0.3 is 14.2 Å². The molecule has 0 fully saturated rings. The number of carbonyl (C=O) groups excluding carboxylic acids is 1. The number of aryl methyl sites for hydroxylation is 1. The summed E-state index contributed by atoms with van der Waals surface area (Å²) < 4.78 is 16.6. The molecular weight excluding hydrogens is 378 g/mol. The number of ether oxygens (including phenoxy) is 3. The first-order valence-electron chi connectivity index (χ1n) is 9.57. The molecule has 4 rings (SSSR count). The number of esters is 1. The summed E-state index contributed by atoms with van der Waals surface area (Å²) in [6, 6.07) is 22.9. The van der Waals surface area contributed by atoms with Crippen LogP contribution in [0.1, 0.15) is 22.3 Å². The fraction of sp³-hybridized carbons (Fsp3) is 0.120. The maximum Gasteiger partial charge on any atom is 0.363 e. The monoisotopic (exact) mass is 399 g/mol. The zero-order valence-electron chi connectivity index (χ0n) is 16.8. The number of nitrogens with zero attached hydrogens (tertiary/aromatic N) is 1. The zero-order chi connectivity index (χ0) is 20.9. The highest BCUT2D eigenvalue weighted by Crippen LogP contribution is 2.26. The van der Waals surface area contributed by atoms with Crippen molar-refractivity contribution in [1.29, 1.82) is 0 Å². The van der Waals surface area contributed by atoms with Crippen molar-refractivity contribution in [2.24, 2.45) is 4.99 Å². The predicted octanol–water partition coefficient (Wildman–Crippen LogP) is 4.93. The highest BCUT2D eigenvalue weighted by atomic mass is 16.6. The molecule has 0 aromatic heterocycles. The third-order valence-electron chi connectivity index (χ3n) is 4.66. The third-order valence-corrected chi connectivity index (χ3v) is 4.66. The summed E-state index contributed by atoms with van der Waals surface area (Å²) in [5, 5.41) is 0. The van der Waals surface area contributed by atoms with Crippen LogP contribution in [0.25, 0.3) is 6.08 Å². The summed E-state index contributed by atoms with van der Waals surface area (Å²) in [4.78, 5) is 16.7. The Hall–Kier alpha value is -3.86. The average Bonchev–Trinajstić information content (AvgIpc) is 3.14. The Bertz CT molecular complexity index is 1130. The molecule has 1 aliphatic rings. The summed E-state index contributed by atoms with van der Waals surface area (Å²) in [7, 11) is 1.58. The molecule has 0 saturated heterocycles. The van der Waals surface area contributed by atoms with E-state index >= 15 is 0 Å². The van der Waals surface area contributed by atoms with Gasteiger partial charge in [0, 0.05) is 11.1 Å². The molecule has 150 valence electrons.